The van der Waals surface area contributed by atoms with E-state index in [-0.39, 0.29) is 5.88 Å². The van der Waals surface area contributed by atoms with Crippen molar-refractivity contribution >= 4 is 23.2 Å². The van der Waals surface area contributed by atoms with Gasteiger partial charge in [0.1, 0.15) is 0 Å². The molecule has 68 valence electrons. The third-order valence-electron chi connectivity index (χ3n) is 1.05. The highest BCUT2D eigenvalue weighted by Crippen LogP contribution is 2.31. The van der Waals surface area contributed by atoms with Gasteiger partial charge < -0.3 is 0 Å². The van der Waals surface area contributed by atoms with Gasteiger partial charge >= 0.3 is 0 Å². The summed E-state index contributed by atoms with van der Waals surface area (Å²) in [5.41, 5.74) is 0. The topological polar surface area (TPSA) is 0 Å². The molecule has 0 bridgehead atoms. The van der Waals surface area contributed by atoms with Crippen molar-refractivity contribution in [3.8, 4) is 0 Å². The van der Waals surface area contributed by atoms with E-state index in [9.17, 15) is 17.6 Å². The Kier molecular flexibility index (Phi) is 4.48. The minimum Gasteiger partial charge on any atom is -0.209 e. The van der Waals surface area contributed by atoms with Gasteiger partial charge in [0.05, 0.1) is 0 Å². The molecular weight excluding hydrogens is 207 g/mol. The second-order valence-corrected chi connectivity index (χ2v) is 2.78. The maximum absolute atomic E-state index is 12.4. The molecular formula is C5H6Cl2F4. The van der Waals surface area contributed by atoms with Crippen LogP contribution in [0.2, 0.25) is 0 Å². The van der Waals surface area contributed by atoms with Crippen molar-refractivity contribution in [2.45, 2.75) is 24.1 Å². The smallest absolute Gasteiger partial charge is 0.209 e. The first-order valence-corrected chi connectivity index (χ1v) is 3.75. The van der Waals surface area contributed by atoms with Crippen LogP contribution in [0.1, 0.15) is 6.42 Å². The lowest BCUT2D eigenvalue weighted by Gasteiger charge is -2.19. The molecule has 1 atom stereocenters. The second-order valence-electron chi connectivity index (χ2n) is 1.94. The van der Waals surface area contributed by atoms with E-state index in [1.807, 2.05) is 0 Å². The van der Waals surface area contributed by atoms with Gasteiger partial charge in [-0.15, -0.1) is 23.2 Å². The van der Waals surface area contributed by atoms with Crippen LogP contribution in [0.25, 0.3) is 0 Å². The molecule has 0 aliphatic heterocycles. The van der Waals surface area contributed by atoms with Gasteiger partial charge in [-0.25, -0.2) is 17.6 Å². The van der Waals surface area contributed by atoms with Crippen LogP contribution in [-0.4, -0.2) is 23.6 Å². The third kappa shape index (κ3) is 3.47. The highest BCUT2D eigenvalue weighted by Gasteiger charge is 2.43. The minimum absolute atomic E-state index is 0.386. The van der Waals surface area contributed by atoms with Crippen LogP contribution in [0.3, 0.4) is 0 Å². The number of rotatable bonds is 4. The van der Waals surface area contributed by atoms with E-state index >= 15 is 0 Å². The molecule has 0 nitrogen and oxygen atoms in total. The van der Waals surface area contributed by atoms with Gasteiger partial charge in [0.25, 0.3) is 12.3 Å². The summed E-state index contributed by atoms with van der Waals surface area (Å²) in [4.78, 5) is 0. The lowest BCUT2D eigenvalue weighted by molar-refractivity contribution is -0.0500. The van der Waals surface area contributed by atoms with Crippen molar-refractivity contribution < 1.29 is 17.6 Å². The third-order valence-corrected chi connectivity index (χ3v) is 1.75. The quantitative estimate of drug-likeness (QED) is 0.497. The average molecular weight is 213 g/mol. The summed E-state index contributed by atoms with van der Waals surface area (Å²) in [6.07, 6.45) is -4.05. The van der Waals surface area contributed by atoms with Crippen LogP contribution in [0.5, 0.6) is 0 Å². The van der Waals surface area contributed by atoms with Gasteiger partial charge in [0, 0.05) is 12.3 Å². The summed E-state index contributed by atoms with van der Waals surface area (Å²) in [6, 6.07) is 0. The molecule has 0 saturated heterocycles. The van der Waals surface area contributed by atoms with E-state index in [4.69, 9.17) is 23.2 Å². The van der Waals surface area contributed by atoms with E-state index in [1.165, 1.54) is 0 Å². The first kappa shape index (κ1) is 11.3. The monoisotopic (exact) mass is 212 g/mol. The van der Waals surface area contributed by atoms with Gasteiger partial charge in [-0.3, -0.25) is 0 Å². The van der Waals surface area contributed by atoms with E-state index in [0.29, 0.717) is 0 Å². The Labute approximate surface area is 71.5 Å². The maximum Gasteiger partial charge on any atom is 0.270 e. The summed E-state index contributed by atoms with van der Waals surface area (Å²) >= 11 is 9.68. The summed E-state index contributed by atoms with van der Waals surface area (Å²) in [5, 5.41) is -2.44. The van der Waals surface area contributed by atoms with Crippen LogP contribution in [-0.2, 0) is 0 Å². The molecule has 1 unspecified atom stereocenters. The number of hydrogen-bond acceptors (Lipinski definition) is 0. The van der Waals surface area contributed by atoms with Crippen molar-refractivity contribution in [2.75, 3.05) is 5.88 Å². The molecule has 11 heavy (non-hydrogen) atoms. The normalized spacial score (nSPS) is 15.5. The molecule has 0 heterocycles. The predicted octanol–water partition coefficient (Wildman–Crippen LogP) is 3.12. The number of halogens is 6. The molecule has 0 amide bonds. The zero-order chi connectivity index (χ0) is 9.07. The van der Waals surface area contributed by atoms with Crippen molar-refractivity contribution in [2.24, 2.45) is 0 Å². The molecule has 6 heteroatoms. The maximum atomic E-state index is 12.4. The van der Waals surface area contributed by atoms with Crippen molar-refractivity contribution in [1.82, 2.24) is 0 Å². The summed E-state index contributed by atoms with van der Waals surface area (Å²) < 4.78 is 47.9. The molecule has 0 fully saturated rings. The first-order chi connectivity index (χ1) is 4.91. The van der Waals surface area contributed by atoms with Crippen LogP contribution >= 0.6 is 23.2 Å². The predicted molar refractivity (Wildman–Crippen MR) is 35.9 cm³/mol. The molecule has 0 aliphatic carbocycles. The molecule has 0 saturated carbocycles. The summed E-state index contributed by atoms with van der Waals surface area (Å²) in [6.45, 7) is 0. The highest BCUT2D eigenvalue weighted by molar-refractivity contribution is 6.21. The van der Waals surface area contributed by atoms with Gasteiger partial charge in [-0.1, -0.05) is 0 Å². The Bertz CT molecular complexity index is 117. The minimum atomic E-state index is -3.59. The lowest BCUT2D eigenvalue weighted by Crippen LogP contribution is -2.35. The van der Waals surface area contributed by atoms with E-state index in [2.05, 4.69) is 0 Å². The zero-order valence-corrected chi connectivity index (χ0v) is 6.85. The standard InChI is InChI=1S/C5H6Cl2F4/c6-2-1-5(10,11)3(7)4(8)9/h3-4H,1-2H2. The van der Waals surface area contributed by atoms with E-state index in [1.54, 1.807) is 0 Å². The van der Waals surface area contributed by atoms with Crippen molar-refractivity contribution in [1.29, 1.82) is 0 Å². The van der Waals surface area contributed by atoms with E-state index < -0.39 is 24.1 Å². The van der Waals surface area contributed by atoms with Gasteiger partial charge in [0.2, 0.25) is 0 Å². The highest BCUT2D eigenvalue weighted by atomic mass is 35.5. The second kappa shape index (κ2) is 4.36. The summed E-state index contributed by atoms with van der Waals surface area (Å²) in [7, 11) is 0. The summed E-state index contributed by atoms with van der Waals surface area (Å²) in [5.74, 6) is -3.97. The van der Waals surface area contributed by atoms with Crippen LogP contribution < -0.4 is 0 Å². The molecule has 0 aliphatic rings. The molecule has 0 aromatic heterocycles. The SMILES string of the molecule is FC(F)C(Cl)C(F)(F)CCCl. The first-order valence-electron chi connectivity index (χ1n) is 2.78. The van der Waals surface area contributed by atoms with Gasteiger partial charge in [-0.2, -0.15) is 0 Å². The Balaban J connectivity index is 4.05. The largest absolute Gasteiger partial charge is 0.270 e. The van der Waals surface area contributed by atoms with Crippen LogP contribution in [0, 0.1) is 0 Å². The van der Waals surface area contributed by atoms with Crippen LogP contribution in [0.15, 0.2) is 0 Å². The average Bonchev–Trinajstić information content (AvgIpc) is 1.86. The fourth-order valence-electron chi connectivity index (χ4n) is 0.448. The lowest BCUT2D eigenvalue weighted by atomic mass is 10.2. The Morgan fingerprint density at radius 3 is 2.00 bits per heavy atom. The van der Waals surface area contributed by atoms with Gasteiger partial charge in [-0.05, 0) is 0 Å². The Hall–Kier alpha value is 0.300. The van der Waals surface area contributed by atoms with Crippen molar-refractivity contribution in [3.05, 3.63) is 0 Å². The Morgan fingerprint density at radius 2 is 1.73 bits per heavy atom. The molecule has 0 rings (SSSR count). The van der Waals surface area contributed by atoms with E-state index in [0.717, 1.165) is 0 Å². The molecule has 0 aromatic rings. The molecule has 0 N–H and O–H groups in total. The Morgan fingerprint density at radius 1 is 1.27 bits per heavy atom. The molecule has 0 aromatic carbocycles. The molecule has 0 radical (unpaired) electrons. The fourth-order valence-corrected chi connectivity index (χ4v) is 0.809. The zero-order valence-electron chi connectivity index (χ0n) is 5.34. The van der Waals surface area contributed by atoms with Gasteiger partial charge in [0.15, 0.2) is 5.38 Å². The van der Waals surface area contributed by atoms with Crippen molar-refractivity contribution in [3.63, 3.8) is 0 Å². The van der Waals surface area contributed by atoms with Crippen LogP contribution in [0.4, 0.5) is 17.6 Å². The number of alkyl halides is 6. The number of hydrogen-bond donors (Lipinski definition) is 0. The fraction of sp³-hybridized carbons (Fsp3) is 1.00. The molecule has 0 spiro atoms.